The van der Waals surface area contributed by atoms with Crippen LogP contribution < -0.4 is 10.6 Å². The van der Waals surface area contributed by atoms with Crippen LogP contribution in [0.15, 0.2) is 72.1 Å². The third kappa shape index (κ3) is 4.01. The normalized spacial score (nSPS) is 11.7. The van der Waals surface area contributed by atoms with Gasteiger partial charge in [0.05, 0.1) is 18.8 Å². The summed E-state index contributed by atoms with van der Waals surface area (Å²) in [6.07, 6.45) is 5.65. The van der Waals surface area contributed by atoms with Gasteiger partial charge in [0.1, 0.15) is 0 Å². The molecule has 142 valence electrons. The topological polar surface area (TPSA) is 84.4 Å². The summed E-state index contributed by atoms with van der Waals surface area (Å²) in [6, 6.07) is 16.0. The number of aromatic nitrogens is 5. The van der Waals surface area contributed by atoms with E-state index in [0.717, 1.165) is 35.2 Å². The fourth-order valence-electron chi connectivity index (χ4n) is 2.86. The fraction of sp³-hybridized carbons (Fsp3) is 0.200. The highest BCUT2D eigenvalue weighted by atomic mass is 15.3. The van der Waals surface area contributed by atoms with Gasteiger partial charge in [0.2, 0.25) is 0 Å². The van der Waals surface area contributed by atoms with Gasteiger partial charge in [-0.25, -0.2) is 9.67 Å². The summed E-state index contributed by atoms with van der Waals surface area (Å²) in [5, 5.41) is 19.2. The second-order valence-electron chi connectivity index (χ2n) is 6.21. The molecule has 0 saturated carbocycles. The van der Waals surface area contributed by atoms with Crippen molar-refractivity contribution in [3.63, 3.8) is 0 Å². The van der Waals surface area contributed by atoms with Gasteiger partial charge < -0.3 is 10.6 Å². The summed E-state index contributed by atoms with van der Waals surface area (Å²) >= 11 is 0. The Balaban J connectivity index is 1.41. The van der Waals surface area contributed by atoms with E-state index in [1.54, 1.807) is 6.20 Å². The average molecular weight is 374 g/mol. The maximum absolute atomic E-state index is 4.67. The minimum atomic E-state index is 0.537. The van der Waals surface area contributed by atoms with Crippen LogP contribution in [-0.4, -0.2) is 36.9 Å². The molecule has 4 aromatic rings. The molecule has 0 unspecified atom stereocenters. The van der Waals surface area contributed by atoms with Crippen LogP contribution in [0.25, 0.3) is 11.3 Å². The van der Waals surface area contributed by atoms with Crippen molar-refractivity contribution in [2.24, 2.45) is 4.99 Å². The smallest absolute Gasteiger partial charge is 0.191 e. The van der Waals surface area contributed by atoms with Crippen LogP contribution in [0.3, 0.4) is 0 Å². The molecular weight excluding hydrogens is 352 g/mol. The molecule has 1 aromatic carbocycles. The van der Waals surface area contributed by atoms with Crippen molar-refractivity contribution in [3.05, 3.63) is 78.5 Å². The molecule has 3 heterocycles. The number of aliphatic imine (C=N–C) groups is 1. The number of rotatable bonds is 6. The highest BCUT2D eigenvalue weighted by Gasteiger charge is 2.05. The molecule has 0 aliphatic heterocycles. The Morgan fingerprint density at radius 2 is 1.89 bits per heavy atom. The number of nitrogens with zero attached hydrogens (tertiary/aromatic N) is 6. The molecule has 8 heteroatoms. The number of benzene rings is 1. The fourth-order valence-corrected chi connectivity index (χ4v) is 2.86. The highest BCUT2D eigenvalue weighted by Crippen LogP contribution is 2.09. The Bertz CT molecular complexity index is 1050. The molecule has 2 N–H and O–H groups in total. The second-order valence-corrected chi connectivity index (χ2v) is 6.21. The van der Waals surface area contributed by atoms with Gasteiger partial charge in [0.25, 0.3) is 0 Å². The summed E-state index contributed by atoms with van der Waals surface area (Å²) in [4.78, 5) is 4.67. The predicted octanol–water partition coefficient (Wildman–Crippen LogP) is 2.17. The molecule has 8 nitrogen and oxygen atoms in total. The lowest BCUT2D eigenvalue weighted by atomic mass is 10.2. The van der Waals surface area contributed by atoms with Crippen molar-refractivity contribution < 1.29 is 0 Å². The van der Waals surface area contributed by atoms with Gasteiger partial charge in [0, 0.05) is 25.1 Å². The first-order valence-corrected chi connectivity index (χ1v) is 9.23. The van der Waals surface area contributed by atoms with E-state index in [9.17, 15) is 0 Å². The van der Waals surface area contributed by atoms with Gasteiger partial charge in [-0.3, -0.25) is 4.40 Å². The quantitative estimate of drug-likeness (QED) is 0.399. The Hall–Kier alpha value is -3.68. The van der Waals surface area contributed by atoms with E-state index >= 15 is 0 Å². The molecule has 0 atom stereocenters. The summed E-state index contributed by atoms with van der Waals surface area (Å²) in [7, 11) is 0. The molecule has 0 amide bonds. The van der Waals surface area contributed by atoms with Crippen molar-refractivity contribution in [3.8, 4) is 5.69 Å². The number of nitrogens with one attached hydrogen (secondary N) is 2. The molecule has 0 saturated heterocycles. The van der Waals surface area contributed by atoms with E-state index in [2.05, 4.69) is 43.1 Å². The number of hydrogen-bond acceptors (Lipinski definition) is 4. The minimum absolute atomic E-state index is 0.537. The predicted molar refractivity (Wildman–Crippen MR) is 108 cm³/mol. The zero-order chi connectivity index (χ0) is 19.2. The van der Waals surface area contributed by atoms with Gasteiger partial charge in [-0.1, -0.05) is 18.2 Å². The molecule has 0 aliphatic rings. The number of fused-ring (bicyclic) bond motifs is 1. The van der Waals surface area contributed by atoms with Gasteiger partial charge in [-0.15, -0.1) is 10.2 Å². The van der Waals surface area contributed by atoms with E-state index < -0.39 is 0 Å². The molecule has 0 bridgehead atoms. The zero-order valence-electron chi connectivity index (χ0n) is 15.7. The summed E-state index contributed by atoms with van der Waals surface area (Å²) in [5.41, 5.74) is 2.99. The standard InChI is InChI=1S/C20H22N8/c1-2-21-20(23-15-19-26-25-18-6-3-4-12-27(18)19)22-14-16-7-9-17(10-8-16)28-13-5-11-24-28/h3-13H,2,14-15H2,1H3,(H2,21,22,23). The monoisotopic (exact) mass is 374 g/mol. The molecule has 0 radical (unpaired) electrons. The summed E-state index contributed by atoms with van der Waals surface area (Å²) < 4.78 is 3.80. The van der Waals surface area contributed by atoms with Crippen LogP contribution in [0.2, 0.25) is 0 Å². The molecule has 0 aliphatic carbocycles. The van der Waals surface area contributed by atoms with Crippen LogP contribution in [0, 0.1) is 0 Å². The van der Waals surface area contributed by atoms with E-state index in [-0.39, 0.29) is 0 Å². The molecule has 4 rings (SSSR count). The third-order valence-electron chi connectivity index (χ3n) is 4.27. The van der Waals surface area contributed by atoms with Gasteiger partial charge >= 0.3 is 0 Å². The first-order chi connectivity index (χ1) is 13.8. The molecule has 28 heavy (non-hydrogen) atoms. The Morgan fingerprint density at radius 1 is 1.00 bits per heavy atom. The van der Waals surface area contributed by atoms with E-state index in [0.29, 0.717) is 13.1 Å². The van der Waals surface area contributed by atoms with Crippen molar-refractivity contribution in [2.45, 2.75) is 20.0 Å². The van der Waals surface area contributed by atoms with E-state index in [1.807, 2.05) is 64.8 Å². The number of pyridine rings is 1. The lowest BCUT2D eigenvalue weighted by Crippen LogP contribution is -2.37. The number of guanidine groups is 1. The second kappa shape index (κ2) is 8.34. The lowest BCUT2D eigenvalue weighted by molar-refractivity contribution is 0.765. The molecule has 0 fully saturated rings. The molecular formula is C20H22N8. The van der Waals surface area contributed by atoms with Gasteiger partial charge in [-0.2, -0.15) is 5.10 Å². The van der Waals surface area contributed by atoms with Crippen LogP contribution in [0.4, 0.5) is 0 Å². The molecule has 3 aromatic heterocycles. The van der Waals surface area contributed by atoms with Gasteiger partial charge in [0.15, 0.2) is 17.4 Å². The van der Waals surface area contributed by atoms with Crippen molar-refractivity contribution >= 4 is 11.6 Å². The summed E-state index contributed by atoms with van der Waals surface area (Å²) in [6.45, 7) is 3.94. The Labute approximate surface area is 162 Å². The van der Waals surface area contributed by atoms with Crippen LogP contribution >= 0.6 is 0 Å². The van der Waals surface area contributed by atoms with Crippen LogP contribution in [-0.2, 0) is 13.1 Å². The summed E-state index contributed by atoms with van der Waals surface area (Å²) in [5.74, 6) is 1.58. The lowest BCUT2D eigenvalue weighted by Gasteiger charge is -2.10. The highest BCUT2D eigenvalue weighted by molar-refractivity contribution is 5.79. The van der Waals surface area contributed by atoms with Crippen molar-refractivity contribution in [1.82, 2.24) is 35.0 Å². The minimum Gasteiger partial charge on any atom is -0.357 e. The first-order valence-electron chi connectivity index (χ1n) is 9.23. The van der Waals surface area contributed by atoms with Crippen molar-refractivity contribution in [1.29, 1.82) is 0 Å². The van der Waals surface area contributed by atoms with E-state index in [1.165, 1.54) is 0 Å². The Morgan fingerprint density at radius 3 is 2.68 bits per heavy atom. The largest absolute Gasteiger partial charge is 0.357 e. The first kappa shape index (κ1) is 17.7. The van der Waals surface area contributed by atoms with E-state index in [4.69, 9.17) is 0 Å². The molecule has 0 spiro atoms. The van der Waals surface area contributed by atoms with Crippen LogP contribution in [0.1, 0.15) is 18.3 Å². The SMILES string of the molecule is CCNC(=NCc1ccc(-n2cccn2)cc1)NCc1nnc2ccccn12. The Kier molecular flexibility index (Phi) is 5.28. The third-order valence-corrected chi connectivity index (χ3v) is 4.27. The average Bonchev–Trinajstić information content (AvgIpc) is 3.41. The van der Waals surface area contributed by atoms with Gasteiger partial charge in [-0.05, 0) is 42.8 Å². The maximum Gasteiger partial charge on any atom is 0.191 e. The zero-order valence-corrected chi connectivity index (χ0v) is 15.7. The number of hydrogen-bond donors (Lipinski definition) is 2. The van der Waals surface area contributed by atoms with Crippen LogP contribution in [0.5, 0.6) is 0 Å². The van der Waals surface area contributed by atoms with Crippen molar-refractivity contribution in [2.75, 3.05) is 6.54 Å². The maximum atomic E-state index is 4.67.